The van der Waals surface area contributed by atoms with E-state index >= 15 is 0 Å². The Balaban J connectivity index is 2.47. The number of aromatic hydroxyl groups is 2. The molecule has 0 radical (unpaired) electrons. The Morgan fingerprint density at radius 2 is 1.43 bits per heavy atom. The highest BCUT2D eigenvalue weighted by molar-refractivity contribution is 6.04. The molecule has 0 aromatic heterocycles. The maximum absolute atomic E-state index is 12.5. The van der Waals surface area contributed by atoms with Gasteiger partial charge in [-0.1, -0.05) is 12.1 Å². The molecule has 2 aromatic rings. The van der Waals surface area contributed by atoms with Gasteiger partial charge in [0.1, 0.15) is 17.6 Å². The summed E-state index contributed by atoms with van der Waals surface area (Å²) in [5.74, 6) is -2.41. The molecular weight excluding hydrogens is 302 g/mol. The predicted molar refractivity (Wildman–Crippen MR) is 81.6 cm³/mol. The summed E-state index contributed by atoms with van der Waals surface area (Å²) in [6.45, 7) is 0. The highest BCUT2D eigenvalue weighted by Gasteiger charge is 2.27. The largest absolute Gasteiger partial charge is 0.508 e. The Morgan fingerprint density at radius 3 is 1.83 bits per heavy atom. The summed E-state index contributed by atoms with van der Waals surface area (Å²) < 4.78 is 0. The number of anilines is 2. The van der Waals surface area contributed by atoms with Gasteiger partial charge in [0, 0.05) is 12.1 Å². The Kier molecular flexibility index (Phi) is 4.82. The summed E-state index contributed by atoms with van der Waals surface area (Å²) in [7, 11) is 0. The topological polar surface area (TPSA) is 118 Å². The first-order valence-electron chi connectivity index (χ1n) is 6.70. The minimum atomic E-state index is -1.77. The van der Waals surface area contributed by atoms with E-state index in [9.17, 15) is 24.9 Å². The van der Waals surface area contributed by atoms with Crippen LogP contribution >= 0.6 is 0 Å². The second kappa shape index (κ2) is 6.80. The van der Waals surface area contributed by atoms with Gasteiger partial charge >= 0.3 is 5.97 Å². The maximum atomic E-state index is 12.5. The van der Waals surface area contributed by atoms with Crippen LogP contribution in [0.3, 0.4) is 0 Å². The van der Waals surface area contributed by atoms with Crippen molar-refractivity contribution in [1.29, 1.82) is 0 Å². The van der Waals surface area contributed by atoms with Gasteiger partial charge in [0.15, 0.2) is 0 Å². The number of carbonyl (C=O) groups excluding carboxylic acids is 1. The van der Waals surface area contributed by atoms with Gasteiger partial charge in [-0.25, -0.2) is 0 Å². The smallest absolute Gasteiger partial charge is 0.306 e. The molecule has 2 aromatic carbocycles. The molecule has 7 heteroatoms. The van der Waals surface area contributed by atoms with Crippen LogP contribution in [0.2, 0.25) is 0 Å². The molecule has 4 N–H and O–H groups in total. The molecular formula is C16H15NO6. The lowest BCUT2D eigenvalue weighted by Gasteiger charge is -2.25. The fraction of sp³-hybridized carbons (Fsp3) is 0.125. The van der Waals surface area contributed by atoms with Crippen LogP contribution in [0.1, 0.15) is 6.42 Å². The molecule has 0 aliphatic carbocycles. The van der Waals surface area contributed by atoms with Crippen LogP contribution < -0.4 is 4.90 Å². The lowest BCUT2D eigenvalue weighted by atomic mass is 10.1. The van der Waals surface area contributed by atoms with E-state index < -0.39 is 24.4 Å². The third-order valence-corrected chi connectivity index (χ3v) is 3.05. The Labute approximate surface area is 131 Å². The van der Waals surface area contributed by atoms with Gasteiger partial charge in [-0.2, -0.15) is 0 Å². The van der Waals surface area contributed by atoms with Gasteiger partial charge in [-0.3, -0.25) is 14.5 Å². The van der Waals surface area contributed by atoms with Crippen LogP contribution in [0.4, 0.5) is 11.4 Å². The molecule has 0 aliphatic rings. The van der Waals surface area contributed by atoms with Gasteiger partial charge in [0.25, 0.3) is 5.91 Å². The maximum Gasteiger partial charge on any atom is 0.306 e. The summed E-state index contributed by atoms with van der Waals surface area (Å²) in [6.07, 6.45) is -2.52. The van der Waals surface area contributed by atoms with Crippen LogP contribution in [-0.2, 0) is 9.59 Å². The minimum Gasteiger partial charge on any atom is -0.508 e. The summed E-state index contributed by atoms with van der Waals surface area (Å²) in [5.41, 5.74) is 0.454. The van der Waals surface area contributed by atoms with Crippen molar-refractivity contribution < 1.29 is 30.0 Å². The van der Waals surface area contributed by atoms with Gasteiger partial charge in [-0.05, 0) is 24.3 Å². The van der Waals surface area contributed by atoms with Crippen molar-refractivity contribution in [2.75, 3.05) is 4.90 Å². The van der Waals surface area contributed by atoms with Crippen LogP contribution in [-0.4, -0.2) is 38.4 Å². The predicted octanol–water partition coefficient (Wildman–Crippen LogP) is 1.60. The SMILES string of the molecule is O=C(O)CC(O)C(=O)N(c1cccc(O)c1)c1cccc(O)c1. The van der Waals surface area contributed by atoms with Crippen molar-refractivity contribution in [2.45, 2.75) is 12.5 Å². The second-order valence-electron chi connectivity index (χ2n) is 4.83. The van der Waals surface area contributed by atoms with Crippen LogP contribution in [0.25, 0.3) is 0 Å². The number of rotatable bonds is 5. The van der Waals surface area contributed by atoms with E-state index in [2.05, 4.69) is 0 Å². The molecule has 0 saturated heterocycles. The van der Waals surface area contributed by atoms with Gasteiger partial charge in [0.2, 0.25) is 0 Å². The molecule has 1 unspecified atom stereocenters. The van der Waals surface area contributed by atoms with Crippen LogP contribution in [0.15, 0.2) is 48.5 Å². The van der Waals surface area contributed by atoms with E-state index in [1.807, 2.05) is 0 Å². The van der Waals surface area contributed by atoms with Crippen molar-refractivity contribution in [3.63, 3.8) is 0 Å². The number of phenolic OH excluding ortho intramolecular Hbond substituents is 2. The van der Waals surface area contributed by atoms with Crippen molar-refractivity contribution >= 4 is 23.3 Å². The summed E-state index contributed by atoms with van der Waals surface area (Å²) >= 11 is 0. The van der Waals surface area contributed by atoms with E-state index in [4.69, 9.17) is 5.11 Å². The molecule has 0 bridgehead atoms. The second-order valence-corrected chi connectivity index (χ2v) is 4.83. The van der Waals surface area contributed by atoms with Gasteiger partial charge in [0.05, 0.1) is 17.8 Å². The van der Waals surface area contributed by atoms with Crippen LogP contribution in [0, 0.1) is 0 Å². The summed E-state index contributed by atoms with van der Waals surface area (Å²) in [5, 5.41) is 37.7. The van der Waals surface area contributed by atoms with Crippen molar-refractivity contribution in [3.05, 3.63) is 48.5 Å². The number of aliphatic hydroxyl groups is 1. The summed E-state index contributed by atoms with van der Waals surface area (Å²) in [6, 6.07) is 11.4. The molecule has 0 aliphatic heterocycles. The lowest BCUT2D eigenvalue weighted by molar-refractivity contribution is -0.142. The molecule has 0 fully saturated rings. The highest BCUT2D eigenvalue weighted by Crippen LogP contribution is 2.31. The molecule has 7 nitrogen and oxygen atoms in total. The average molecular weight is 317 g/mol. The number of amides is 1. The number of carboxylic acid groups (broad SMARTS) is 1. The van der Waals surface area contributed by atoms with E-state index in [0.29, 0.717) is 0 Å². The minimum absolute atomic E-state index is 0.104. The molecule has 23 heavy (non-hydrogen) atoms. The number of hydrogen-bond donors (Lipinski definition) is 4. The standard InChI is InChI=1S/C16H15NO6/c18-12-5-1-3-10(7-12)17(11-4-2-6-13(19)8-11)16(23)14(20)9-15(21)22/h1-8,14,18-20H,9H2,(H,21,22). The first-order valence-corrected chi connectivity index (χ1v) is 6.70. The number of hydrogen-bond acceptors (Lipinski definition) is 5. The van der Waals surface area contributed by atoms with Gasteiger partial charge in [-0.15, -0.1) is 0 Å². The molecule has 1 atom stereocenters. The molecule has 1 amide bonds. The van der Waals surface area contributed by atoms with Crippen molar-refractivity contribution in [2.24, 2.45) is 0 Å². The van der Waals surface area contributed by atoms with E-state index in [1.54, 1.807) is 0 Å². The number of nitrogens with zero attached hydrogens (tertiary/aromatic N) is 1. The van der Waals surface area contributed by atoms with Crippen molar-refractivity contribution in [1.82, 2.24) is 0 Å². The number of benzene rings is 2. The third-order valence-electron chi connectivity index (χ3n) is 3.05. The highest BCUT2D eigenvalue weighted by atomic mass is 16.4. The van der Waals surface area contributed by atoms with E-state index in [-0.39, 0.29) is 22.9 Å². The molecule has 0 saturated carbocycles. The van der Waals surface area contributed by atoms with E-state index in [0.717, 1.165) is 4.90 Å². The number of aliphatic carboxylic acids is 1. The average Bonchev–Trinajstić information content (AvgIpc) is 2.47. The van der Waals surface area contributed by atoms with Gasteiger partial charge < -0.3 is 20.4 Å². The molecule has 2 rings (SSSR count). The number of carboxylic acids is 1. The Bertz CT molecular complexity index is 685. The first-order chi connectivity index (χ1) is 10.9. The fourth-order valence-electron chi connectivity index (χ4n) is 2.07. The molecule has 120 valence electrons. The Morgan fingerprint density at radius 1 is 0.957 bits per heavy atom. The fourth-order valence-corrected chi connectivity index (χ4v) is 2.07. The molecule has 0 spiro atoms. The quantitative estimate of drug-likeness (QED) is 0.665. The zero-order valence-electron chi connectivity index (χ0n) is 12.0. The Hall–Kier alpha value is -3.06. The monoisotopic (exact) mass is 317 g/mol. The number of phenols is 2. The normalized spacial score (nSPS) is 11.7. The van der Waals surface area contributed by atoms with Crippen LogP contribution in [0.5, 0.6) is 11.5 Å². The zero-order chi connectivity index (χ0) is 17.0. The first kappa shape index (κ1) is 16.3. The summed E-state index contributed by atoms with van der Waals surface area (Å²) in [4.78, 5) is 24.2. The molecule has 0 heterocycles. The number of carbonyl (C=O) groups is 2. The lowest BCUT2D eigenvalue weighted by Crippen LogP contribution is -2.37. The zero-order valence-corrected chi connectivity index (χ0v) is 12.0. The third kappa shape index (κ3) is 3.98. The van der Waals surface area contributed by atoms with Crippen molar-refractivity contribution in [3.8, 4) is 11.5 Å². The number of aliphatic hydroxyl groups excluding tert-OH is 1. The van der Waals surface area contributed by atoms with E-state index in [1.165, 1.54) is 48.5 Å².